The molecule has 1 saturated heterocycles. The molecule has 5 nitrogen and oxygen atoms in total. The highest BCUT2D eigenvalue weighted by Gasteiger charge is 2.33. The van der Waals surface area contributed by atoms with Crippen LogP contribution in [0.1, 0.15) is 5.56 Å². The molecule has 1 fully saturated rings. The molecule has 3 aromatic carbocycles. The average Bonchev–Trinajstić information content (AvgIpc) is 3.10. The Kier molecular flexibility index (Phi) is 7.09. The van der Waals surface area contributed by atoms with Gasteiger partial charge in [-0.25, -0.2) is 0 Å². The molecule has 162 valence electrons. The minimum atomic E-state index is -0.121. The molecule has 3 aromatic rings. The molecule has 0 aromatic heterocycles. The second-order valence-electron chi connectivity index (χ2n) is 6.80. The lowest BCUT2D eigenvalue weighted by Crippen LogP contribution is -2.27. The fourth-order valence-corrected chi connectivity index (χ4v) is 4.42. The van der Waals surface area contributed by atoms with Crippen LogP contribution in [0.4, 0.5) is 5.69 Å². The van der Waals surface area contributed by atoms with E-state index in [1.165, 1.54) is 11.8 Å². The van der Waals surface area contributed by atoms with Crippen molar-refractivity contribution in [2.75, 3.05) is 25.2 Å². The third-order valence-electron chi connectivity index (χ3n) is 4.63. The number of thioether (sulfide) groups is 1. The number of anilines is 1. The summed E-state index contributed by atoms with van der Waals surface area (Å²) >= 11 is 6.72. The van der Waals surface area contributed by atoms with Gasteiger partial charge < -0.3 is 14.2 Å². The fourth-order valence-electron chi connectivity index (χ4n) is 3.12. The Labute approximate surface area is 196 Å². The molecule has 32 heavy (non-hydrogen) atoms. The number of ether oxygens (including phenoxy) is 3. The Morgan fingerprint density at radius 1 is 0.875 bits per heavy atom. The summed E-state index contributed by atoms with van der Waals surface area (Å²) in [4.78, 5) is 15.0. The summed E-state index contributed by atoms with van der Waals surface area (Å²) in [5.41, 5.74) is 1.64. The maximum Gasteiger partial charge on any atom is 0.270 e. The largest absolute Gasteiger partial charge is 0.497 e. The fraction of sp³-hybridized carbons (Fsp3) is 0.120. The molecule has 7 heteroatoms. The lowest BCUT2D eigenvalue weighted by Gasteiger charge is -2.13. The van der Waals surface area contributed by atoms with Gasteiger partial charge in [0.05, 0.1) is 17.7 Å². The molecule has 0 atom stereocenters. The Hall–Kier alpha value is -3.29. The molecule has 0 saturated carbocycles. The van der Waals surface area contributed by atoms with E-state index in [1.54, 1.807) is 12.0 Å². The molecule has 0 N–H and O–H groups in total. The Balaban J connectivity index is 1.37. The van der Waals surface area contributed by atoms with Crippen molar-refractivity contribution in [3.63, 3.8) is 0 Å². The number of para-hydroxylation sites is 1. The summed E-state index contributed by atoms with van der Waals surface area (Å²) in [6, 6.07) is 24.4. The summed E-state index contributed by atoms with van der Waals surface area (Å²) in [6.45, 7) is 0.782. The lowest BCUT2D eigenvalue weighted by molar-refractivity contribution is -0.113. The summed E-state index contributed by atoms with van der Waals surface area (Å²) < 4.78 is 17.2. The van der Waals surface area contributed by atoms with Crippen LogP contribution in [-0.2, 0) is 4.79 Å². The van der Waals surface area contributed by atoms with Gasteiger partial charge in [-0.05, 0) is 48.0 Å². The van der Waals surface area contributed by atoms with Gasteiger partial charge in [-0.1, -0.05) is 60.4 Å². The third-order valence-corrected chi connectivity index (χ3v) is 5.93. The van der Waals surface area contributed by atoms with Gasteiger partial charge in [-0.2, -0.15) is 0 Å². The number of methoxy groups -OCH3 is 1. The number of hydrogen-bond donors (Lipinski definition) is 0. The number of carbonyl (C=O) groups excluding carboxylic acids is 1. The first-order valence-corrected chi connectivity index (χ1v) is 11.2. The zero-order valence-corrected chi connectivity index (χ0v) is 19.0. The minimum absolute atomic E-state index is 0.121. The molecule has 0 aliphatic carbocycles. The Morgan fingerprint density at radius 2 is 1.53 bits per heavy atom. The van der Waals surface area contributed by atoms with E-state index in [0.29, 0.717) is 28.2 Å². The molecular weight excluding hydrogens is 442 g/mol. The van der Waals surface area contributed by atoms with Gasteiger partial charge in [0.25, 0.3) is 5.91 Å². The monoisotopic (exact) mass is 463 g/mol. The first-order valence-electron chi connectivity index (χ1n) is 9.97. The smallest absolute Gasteiger partial charge is 0.270 e. The highest BCUT2D eigenvalue weighted by molar-refractivity contribution is 8.27. The number of rotatable bonds is 8. The molecule has 1 aliphatic rings. The number of hydrogen-bond acceptors (Lipinski definition) is 6. The third kappa shape index (κ3) is 5.30. The standard InChI is InChI=1S/C25H21NO4S2/c1-28-20-10-6-12-22(17-20)30-14-13-29-21-11-5-7-18(15-21)16-23-24(27)26(25(31)32-23)19-8-3-2-4-9-19/h2-12,15-17H,13-14H2,1H3/b23-16-. The van der Waals surface area contributed by atoms with Crippen molar-refractivity contribution in [1.29, 1.82) is 0 Å². The van der Waals surface area contributed by atoms with Crippen LogP contribution in [0.3, 0.4) is 0 Å². The van der Waals surface area contributed by atoms with Crippen molar-refractivity contribution in [3.05, 3.63) is 89.3 Å². The highest BCUT2D eigenvalue weighted by Crippen LogP contribution is 2.36. The highest BCUT2D eigenvalue weighted by atomic mass is 32.2. The first-order chi connectivity index (χ1) is 15.6. The van der Waals surface area contributed by atoms with Crippen LogP contribution in [0.15, 0.2) is 83.8 Å². The van der Waals surface area contributed by atoms with Crippen LogP contribution >= 0.6 is 24.0 Å². The molecule has 0 radical (unpaired) electrons. The van der Waals surface area contributed by atoms with Crippen molar-refractivity contribution in [2.45, 2.75) is 0 Å². The van der Waals surface area contributed by atoms with Crippen LogP contribution in [0.25, 0.3) is 6.08 Å². The number of carbonyl (C=O) groups is 1. The molecule has 1 aliphatic heterocycles. The predicted molar refractivity (Wildman–Crippen MR) is 133 cm³/mol. The summed E-state index contributed by atoms with van der Waals surface area (Å²) in [5, 5.41) is 0. The van der Waals surface area contributed by atoms with Crippen molar-refractivity contribution in [3.8, 4) is 17.2 Å². The van der Waals surface area contributed by atoms with Crippen LogP contribution in [0.2, 0.25) is 0 Å². The second-order valence-corrected chi connectivity index (χ2v) is 8.48. The Morgan fingerprint density at radius 3 is 2.25 bits per heavy atom. The number of amides is 1. The van der Waals surface area contributed by atoms with E-state index in [9.17, 15) is 4.79 Å². The van der Waals surface area contributed by atoms with Gasteiger partial charge in [0.2, 0.25) is 0 Å². The summed E-state index contributed by atoms with van der Waals surface area (Å²) in [5.74, 6) is 2.05. The zero-order chi connectivity index (χ0) is 22.3. The van der Waals surface area contributed by atoms with E-state index in [2.05, 4.69) is 0 Å². The average molecular weight is 464 g/mol. The van der Waals surface area contributed by atoms with Gasteiger partial charge in [-0.15, -0.1) is 0 Å². The van der Waals surface area contributed by atoms with Gasteiger partial charge in [0.15, 0.2) is 4.32 Å². The minimum Gasteiger partial charge on any atom is -0.497 e. The van der Waals surface area contributed by atoms with Gasteiger partial charge >= 0.3 is 0 Å². The van der Waals surface area contributed by atoms with Gasteiger partial charge in [-0.3, -0.25) is 9.69 Å². The number of benzene rings is 3. The molecular formula is C25H21NO4S2. The van der Waals surface area contributed by atoms with Crippen LogP contribution < -0.4 is 19.1 Å². The molecule has 0 unspecified atom stereocenters. The van der Waals surface area contributed by atoms with E-state index < -0.39 is 0 Å². The number of nitrogens with zero attached hydrogens (tertiary/aromatic N) is 1. The first kappa shape index (κ1) is 21.9. The van der Waals surface area contributed by atoms with E-state index in [-0.39, 0.29) is 5.91 Å². The van der Waals surface area contributed by atoms with E-state index in [0.717, 1.165) is 22.7 Å². The topological polar surface area (TPSA) is 48.0 Å². The van der Waals surface area contributed by atoms with Crippen molar-refractivity contribution in [1.82, 2.24) is 0 Å². The lowest BCUT2D eigenvalue weighted by atomic mass is 10.2. The van der Waals surface area contributed by atoms with Crippen LogP contribution in [0.5, 0.6) is 17.2 Å². The number of thiocarbonyl (C=S) groups is 1. The summed E-state index contributed by atoms with van der Waals surface area (Å²) in [7, 11) is 1.62. The van der Waals surface area contributed by atoms with E-state index in [4.69, 9.17) is 26.4 Å². The molecule has 0 bridgehead atoms. The maximum atomic E-state index is 12.9. The van der Waals surface area contributed by atoms with Crippen LogP contribution in [0, 0.1) is 0 Å². The molecule has 4 rings (SSSR count). The summed E-state index contributed by atoms with van der Waals surface area (Å²) in [6.07, 6.45) is 1.84. The SMILES string of the molecule is COc1cccc(OCCOc2cccc(/C=C3\SC(=S)N(c4ccccc4)C3=O)c2)c1. The van der Waals surface area contributed by atoms with E-state index in [1.807, 2.05) is 84.9 Å². The quantitative estimate of drug-likeness (QED) is 0.248. The van der Waals surface area contributed by atoms with Gasteiger partial charge in [0, 0.05) is 6.07 Å². The molecule has 0 spiro atoms. The van der Waals surface area contributed by atoms with Crippen molar-refractivity contribution < 1.29 is 19.0 Å². The Bertz CT molecular complexity index is 1150. The molecule has 1 heterocycles. The van der Waals surface area contributed by atoms with E-state index >= 15 is 0 Å². The molecule has 1 amide bonds. The van der Waals surface area contributed by atoms with Crippen LogP contribution in [-0.4, -0.2) is 30.6 Å². The maximum absolute atomic E-state index is 12.9. The zero-order valence-electron chi connectivity index (χ0n) is 17.4. The van der Waals surface area contributed by atoms with Gasteiger partial charge in [0.1, 0.15) is 30.5 Å². The van der Waals surface area contributed by atoms with Crippen molar-refractivity contribution in [2.24, 2.45) is 0 Å². The normalized spacial score (nSPS) is 14.7. The van der Waals surface area contributed by atoms with Crippen molar-refractivity contribution >= 4 is 46.0 Å². The predicted octanol–water partition coefficient (Wildman–Crippen LogP) is 5.56. The second kappa shape index (κ2) is 10.3.